The third kappa shape index (κ3) is 4.04. The van der Waals surface area contributed by atoms with Crippen molar-refractivity contribution < 1.29 is 29.0 Å². The fourth-order valence-corrected chi connectivity index (χ4v) is 3.22. The number of benzene rings is 2. The summed E-state index contributed by atoms with van der Waals surface area (Å²) in [7, 11) is 3.06. The van der Waals surface area contributed by atoms with Gasteiger partial charge in [-0.05, 0) is 36.4 Å². The number of hydrogen-bond donors (Lipinski definition) is 2. The zero-order chi connectivity index (χ0) is 21.7. The lowest BCUT2D eigenvalue weighted by molar-refractivity contribution is -0.899. The van der Waals surface area contributed by atoms with Crippen molar-refractivity contribution >= 4 is 11.9 Å². The fraction of sp³-hybridized carbons (Fsp3) is 0.227. The van der Waals surface area contributed by atoms with Gasteiger partial charge in [0.2, 0.25) is 5.78 Å². The number of phenols is 1. The van der Waals surface area contributed by atoms with Crippen LogP contribution in [0, 0.1) is 22.7 Å². The average Bonchev–Trinajstić information content (AvgIpc) is 3.06. The van der Waals surface area contributed by atoms with Gasteiger partial charge in [0.1, 0.15) is 35.9 Å². The van der Waals surface area contributed by atoms with E-state index in [2.05, 4.69) is 0 Å². The number of hydrogen-bond acceptors (Lipinski definition) is 7. The molecule has 0 aliphatic carbocycles. The van der Waals surface area contributed by atoms with Crippen LogP contribution in [0.15, 0.2) is 36.1 Å². The number of allylic oxidation sites excluding steroid dienone is 1. The maximum Gasteiger partial charge on any atom is 0.231 e. The van der Waals surface area contributed by atoms with E-state index in [1.165, 1.54) is 26.4 Å². The molecule has 0 saturated carbocycles. The lowest BCUT2D eigenvalue weighted by Gasteiger charge is -2.15. The number of methoxy groups -OCH3 is 2. The number of nitriles is 2. The van der Waals surface area contributed by atoms with Gasteiger partial charge in [-0.2, -0.15) is 10.5 Å². The van der Waals surface area contributed by atoms with Crippen LogP contribution in [0.1, 0.15) is 21.5 Å². The number of fused-ring (bicyclic) bond motifs is 1. The monoisotopic (exact) mass is 406 g/mol. The van der Waals surface area contributed by atoms with E-state index < -0.39 is 0 Å². The van der Waals surface area contributed by atoms with Gasteiger partial charge in [0.25, 0.3) is 0 Å². The predicted octanol–water partition coefficient (Wildman–Crippen LogP) is 1.46. The topological polar surface area (TPSA) is 117 Å². The van der Waals surface area contributed by atoms with E-state index in [4.69, 9.17) is 24.7 Å². The van der Waals surface area contributed by atoms with Gasteiger partial charge in [-0.3, -0.25) is 4.79 Å². The summed E-state index contributed by atoms with van der Waals surface area (Å²) in [6.07, 6.45) is 1.56. The third-order valence-electron chi connectivity index (χ3n) is 4.72. The quantitative estimate of drug-likeness (QED) is 0.528. The molecule has 2 N–H and O–H groups in total. The van der Waals surface area contributed by atoms with Crippen molar-refractivity contribution in [3.63, 3.8) is 0 Å². The second-order valence-electron chi connectivity index (χ2n) is 6.58. The highest BCUT2D eigenvalue weighted by Gasteiger charge is 2.32. The lowest BCUT2D eigenvalue weighted by Crippen LogP contribution is -3.10. The van der Waals surface area contributed by atoms with Crippen molar-refractivity contribution in [2.24, 2.45) is 0 Å². The van der Waals surface area contributed by atoms with Gasteiger partial charge in [-0.15, -0.1) is 0 Å². The molecule has 152 valence electrons. The van der Waals surface area contributed by atoms with E-state index in [0.717, 1.165) is 0 Å². The van der Waals surface area contributed by atoms with Crippen LogP contribution in [0.2, 0.25) is 0 Å². The molecule has 0 atom stereocenters. The van der Waals surface area contributed by atoms with Gasteiger partial charge in [-0.1, -0.05) is 0 Å². The number of ketones is 1. The molecule has 0 amide bonds. The number of ether oxygens (including phenoxy) is 3. The zero-order valence-corrected chi connectivity index (χ0v) is 16.6. The molecule has 1 aliphatic rings. The number of aromatic hydroxyl groups is 1. The first-order chi connectivity index (χ1) is 14.5. The molecule has 0 unspecified atom stereocenters. The smallest absolute Gasteiger partial charge is 0.231 e. The lowest BCUT2D eigenvalue weighted by atomic mass is 10.0. The third-order valence-corrected chi connectivity index (χ3v) is 4.72. The summed E-state index contributed by atoms with van der Waals surface area (Å²) in [6.45, 7) is 0.321. The SMILES string of the molecule is COc1ccc(OC)c(/C=C2/Oc3c(ccc(O)c3C[NH+](CC#N)CC#N)C2=O)c1. The molecule has 0 saturated heterocycles. The Labute approximate surface area is 173 Å². The average molecular weight is 406 g/mol. The zero-order valence-electron chi connectivity index (χ0n) is 16.6. The van der Waals surface area contributed by atoms with Crippen molar-refractivity contribution in [3.05, 3.63) is 52.8 Å². The second kappa shape index (κ2) is 8.99. The highest BCUT2D eigenvalue weighted by Crippen LogP contribution is 2.39. The van der Waals surface area contributed by atoms with E-state index >= 15 is 0 Å². The summed E-state index contributed by atoms with van der Waals surface area (Å²) in [6, 6.07) is 12.1. The molecular weight excluding hydrogens is 386 g/mol. The van der Waals surface area contributed by atoms with Crippen LogP contribution in [0.5, 0.6) is 23.0 Å². The maximum absolute atomic E-state index is 12.9. The molecule has 0 spiro atoms. The van der Waals surface area contributed by atoms with E-state index in [9.17, 15) is 9.90 Å². The van der Waals surface area contributed by atoms with E-state index in [1.807, 2.05) is 12.1 Å². The number of phenolic OH excluding ortho intramolecular Hbond substituents is 1. The fourth-order valence-electron chi connectivity index (χ4n) is 3.22. The van der Waals surface area contributed by atoms with Crippen LogP contribution in [0.3, 0.4) is 0 Å². The molecule has 2 aromatic carbocycles. The van der Waals surface area contributed by atoms with Crippen LogP contribution in [-0.4, -0.2) is 38.2 Å². The summed E-state index contributed by atoms with van der Waals surface area (Å²) < 4.78 is 16.4. The Morgan fingerprint density at radius 1 is 1.13 bits per heavy atom. The normalized spacial score (nSPS) is 13.5. The van der Waals surface area contributed by atoms with Crippen LogP contribution in [0.4, 0.5) is 0 Å². The number of carbonyl (C=O) groups is 1. The molecule has 3 rings (SSSR count). The summed E-state index contributed by atoms with van der Waals surface area (Å²) in [5.41, 5.74) is 1.28. The van der Waals surface area contributed by atoms with Crippen molar-refractivity contribution in [3.8, 4) is 35.1 Å². The van der Waals surface area contributed by atoms with Crippen molar-refractivity contribution in [1.29, 1.82) is 10.5 Å². The van der Waals surface area contributed by atoms with E-state index in [1.54, 1.807) is 24.3 Å². The summed E-state index contributed by atoms with van der Waals surface area (Å²) >= 11 is 0. The summed E-state index contributed by atoms with van der Waals surface area (Å²) in [5.74, 6) is 1.05. The number of rotatable bonds is 7. The largest absolute Gasteiger partial charge is 0.507 e. The van der Waals surface area contributed by atoms with Crippen molar-refractivity contribution in [1.82, 2.24) is 0 Å². The molecule has 8 heteroatoms. The number of quaternary nitrogens is 1. The Kier molecular flexibility index (Phi) is 6.21. The number of Topliss-reactive ketones (excluding diaryl/α,β-unsaturated/α-hetero) is 1. The van der Waals surface area contributed by atoms with Crippen molar-refractivity contribution in [2.75, 3.05) is 27.3 Å². The Bertz CT molecular complexity index is 1080. The van der Waals surface area contributed by atoms with Gasteiger partial charge in [0, 0.05) is 5.56 Å². The standard InChI is InChI=1S/C22H19N3O5/c1-28-15-3-6-19(29-2)14(11-15)12-20-21(27)16-4-5-18(26)17(22(16)30-20)13-25(9-7-23)10-8-24/h3-6,11-12,26H,9-10,13H2,1-2H3/p+1/b20-12+. The molecular formula is C22H20N3O5+. The van der Waals surface area contributed by atoms with E-state index in [-0.39, 0.29) is 42.7 Å². The highest BCUT2D eigenvalue weighted by atomic mass is 16.5. The van der Waals surface area contributed by atoms with Crippen molar-refractivity contribution in [2.45, 2.75) is 6.54 Å². The van der Waals surface area contributed by atoms with Crippen LogP contribution >= 0.6 is 0 Å². The first-order valence-electron chi connectivity index (χ1n) is 9.11. The predicted molar refractivity (Wildman–Crippen MR) is 106 cm³/mol. The first-order valence-corrected chi connectivity index (χ1v) is 9.11. The molecule has 8 nitrogen and oxygen atoms in total. The molecule has 0 bridgehead atoms. The second-order valence-corrected chi connectivity index (χ2v) is 6.58. The Balaban J connectivity index is 2.00. The first kappa shape index (κ1) is 20.7. The van der Waals surface area contributed by atoms with Crippen LogP contribution in [0.25, 0.3) is 6.08 Å². The molecule has 1 aliphatic heterocycles. The molecule has 0 aromatic heterocycles. The number of carbonyl (C=O) groups excluding carboxylic acids is 1. The molecule has 1 heterocycles. The molecule has 30 heavy (non-hydrogen) atoms. The van der Waals surface area contributed by atoms with Crippen LogP contribution < -0.4 is 19.1 Å². The minimum absolute atomic E-state index is 0.0601. The molecule has 0 fully saturated rings. The number of nitrogens with zero attached hydrogens (tertiary/aromatic N) is 2. The van der Waals surface area contributed by atoms with Gasteiger partial charge in [0.05, 0.1) is 25.3 Å². The Morgan fingerprint density at radius 3 is 2.50 bits per heavy atom. The van der Waals surface area contributed by atoms with E-state index in [0.29, 0.717) is 33.1 Å². The Hall–Kier alpha value is -4.01. The molecule has 0 radical (unpaired) electrons. The highest BCUT2D eigenvalue weighted by molar-refractivity contribution is 6.15. The van der Waals surface area contributed by atoms with Gasteiger partial charge < -0.3 is 24.2 Å². The van der Waals surface area contributed by atoms with Gasteiger partial charge in [0.15, 0.2) is 24.6 Å². The maximum atomic E-state index is 12.9. The minimum Gasteiger partial charge on any atom is -0.507 e. The van der Waals surface area contributed by atoms with Crippen LogP contribution in [-0.2, 0) is 6.54 Å². The molecule has 2 aromatic rings. The van der Waals surface area contributed by atoms with Gasteiger partial charge >= 0.3 is 0 Å². The minimum atomic E-state index is -0.335. The summed E-state index contributed by atoms with van der Waals surface area (Å²) in [4.78, 5) is 13.5. The Morgan fingerprint density at radius 2 is 1.87 bits per heavy atom. The number of nitrogens with one attached hydrogen (secondary N) is 1. The van der Waals surface area contributed by atoms with Gasteiger partial charge in [-0.25, -0.2) is 0 Å². The summed E-state index contributed by atoms with van der Waals surface area (Å²) in [5, 5.41) is 28.3.